The Balaban J connectivity index is 2.33. The van der Waals surface area contributed by atoms with Gasteiger partial charge < -0.3 is 5.32 Å². The highest BCUT2D eigenvalue weighted by molar-refractivity contribution is 7.22. The molecule has 2 aromatic rings. The van der Waals surface area contributed by atoms with Crippen LogP contribution < -0.4 is 10.6 Å². The summed E-state index contributed by atoms with van der Waals surface area (Å²) in [5.41, 5.74) is 2.21. The molecule has 0 fully saturated rings. The molecule has 0 spiro atoms. The van der Waals surface area contributed by atoms with Gasteiger partial charge in [-0.15, -0.1) is 0 Å². The summed E-state index contributed by atoms with van der Waals surface area (Å²) >= 11 is 1.49. The monoisotopic (exact) mass is 249 g/mol. The minimum Gasteiger partial charge on any atom is -0.341 e. The van der Waals surface area contributed by atoms with E-state index in [9.17, 15) is 4.79 Å². The lowest BCUT2D eigenvalue weighted by molar-refractivity contribution is 0.254. The molecule has 0 saturated heterocycles. The van der Waals surface area contributed by atoms with Crippen LogP contribution in [0.1, 0.15) is 25.3 Å². The van der Waals surface area contributed by atoms with Crippen LogP contribution in [-0.4, -0.2) is 18.1 Å². The first kappa shape index (κ1) is 11.9. The zero-order chi connectivity index (χ0) is 12.4. The molecule has 1 aromatic heterocycles. The van der Waals surface area contributed by atoms with Gasteiger partial charge in [0.1, 0.15) is 0 Å². The number of anilines is 1. The lowest BCUT2D eigenvalue weighted by atomic mass is 10.0. The Kier molecular flexibility index (Phi) is 3.28. The molecule has 0 radical (unpaired) electrons. The topological polar surface area (TPSA) is 54.0 Å². The number of hydrogen-bond donors (Lipinski definition) is 2. The Morgan fingerprint density at radius 2 is 2.18 bits per heavy atom. The number of carbonyl (C=O) groups excluding carboxylic acids is 1. The standard InChI is InChI=1S/C12H15N3OS/c1-7(2)8-4-5-9-10(6-8)17-12(14-9)15-11(16)13-3/h4-7H,1-3H3,(H2,13,14,15,16). The molecule has 17 heavy (non-hydrogen) atoms. The van der Waals surface area contributed by atoms with E-state index >= 15 is 0 Å². The van der Waals surface area contributed by atoms with Crippen molar-refractivity contribution in [1.82, 2.24) is 10.3 Å². The number of hydrogen-bond acceptors (Lipinski definition) is 3. The predicted octanol–water partition coefficient (Wildman–Crippen LogP) is 3.17. The lowest BCUT2D eigenvalue weighted by Crippen LogP contribution is -2.24. The number of thiazole rings is 1. The SMILES string of the molecule is CNC(=O)Nc1nc2ccc(C(C)C)cc2s1. The number of aromatic nitrogens is 1. The normalized spacial score (nSPS) is 10.8. The highest BCUT2D eigenvalue weighted by Gasteiger charge is 2.08. The van der Waals surface area contributed by atoms with Gasteiger partial charge in [-0.05, 0) is 23.6 Å². The summed E-state index contributed by atoms with van der Waals surface area (Å²) < 4.78 is 1.10. The van der Waals surface area contributed by atoms with Crippen LogP contribution in [-0.2, 0) is 0 Å². The largest absolute Gasteiger partial charge is 0.341 e. The Labute approximate surface area is 104 Å². The van der Waals surface area contributed by atoms with Crippen molar-refractivity contribution in [3.05, 3.63) is 23.8 Å². The Morgan fingerprint density at radius 1 is 1.41 bits per heavy atom. The molecule has 0 saturated carbocycles. The first-order valence-corrected chi connectivity index (χ1v) is 6.31. The van der Waals surface area contributed by atoms with Gasteiger partial charge in [0.05, 0.1) is 10.2 Å². The van der Waals surface area contributed by atoms with Crippen molar-refractivity contribution < 1.29 is 4.79 Å². The molecule has 2 N–H and O–H groups in total. The number of amides is 2. The number of rotatable bonds is 2. The number of carbonyl (C=O) groups is 1. The molecule has 90 valence electrons. The van der Waals surface area contributed by atoms with Crippen molar-refractivity contribution in [2.75, 3.05) is 12.4 Å². The molecular formula is C12H15N3OS. The van der Waals surface area contributed by atoms with Crippen molar-refractivity contribution in [2.24, 2.45) is 0 Å². The zero-order valence-electron chi connectivity index (χ0n) is 10.1. The number of urea groups is 1. The van der Waals surface area contributed by atoms with E-state index in [2.05, 4.69) is 41.6 Å². The Bertz CT molecular complexity index is 548. The molecule has 0 aliphatic carbocycles. The highest BCUT2D eigenvalue weighted by Crippen LogP contribution is 2.28. The number of fused-ring (bicyclic) bond motifs is 1. The Hall–Kier alpha value is -1.62. The Morgan fingerprint density at radius 3 is 2.82 bits per heavy atom. The van der Waals surface area contributed by atoms with Crippen LogP contribution in [0.4, 0.5) is 9.93 Å². The van der Waals surface area contributed by atoms with E-state index in [-0.39, 0.29) is 6.03 Å². The summed E-state index contributed by atoms with van der Waals surface area (Å²) in [6, 6.07) is 5.97. The molecule has 1 heterocycles. The second-order valence-corrected chi connectivity index (χ2v) is 5.14. The fourth-order valence-corrected chi connectivity index (χ4v) is 2.42. The molecule has 1 aromatic carbocycles. The van der Waals surface area contributed by atoms with Crippen LogP contribution in [0, 0.1) is 0 Å². The molecule has 0 aliphatic heterocycles. The van der Waals surface area contributed by atoms with Gasteiger partial charge in [0, 0.05) is 7.05 Å². The molecule has 0 bridgehead atoms. The first-order valence-electron chi connectivity index (χ1n) is 5.49. The maximum absolute atomic E-state index is 11.2. The average Bonchev–Trinajstić information content (AvgIpc) is 2.69. The van der Waals surface area contributed by atoms with E-state index in [1.54, 1.807) is 7.05 Å². The fourth-order valence-electron chi connectivity index (χ4n) is 1.51. The second-order valence-electron chi connectivity index (χ2n) is 4.11. The van der Waals surface area contributed by atoms with Crippen molar-refractivity contribution in [2.45, 2.75) is 19.8 Å². The lowest BCUT2D eigenvalue weighted by Gasteiger charge is -2.03. The molecule has 0 atom stereocenters. The van der Waals surface area contributed by atoms with Gasteiger partial charge >= 0.3 is 6.03 Å². The maximum atomic E-state index is 11.2. The molecule has 2 rings (SSSR count). The molecular weight excluding hydrogens is 234 g/mol. The summed E-state index contributed by atoms with van der Waals surface area (Å²) in [4.78, 5) is 15.5. The first-order chi connectivity index (χ1) is 8.10. The average molecular weight is 249 g/mol. The van der Waals surface area contributed by atoms with E-state index in [0.29, 0.717) is 11.0 Å². The van der Waals surface area contributed by atoms with Gasteiger partial charge in [0.25, 0.3) is 0 Å². The second kappa shape index (κ2) is 4.71. The van der Waals surface area contributed by atoms with Crippen LogP contribution in [0.5, 0.6) is 0 Å². The van der Waals surface area contributed by atoms with Crippen LogP contribution in [0.15, 0.2) is 18.2 Å². The minimum absolute atomic E-state index is 0.242. The van der Waals surface area contributed by atoms with E-state index in [4.69, 9.17) is 0 Å². The van der Waals surface area contributed by atoms with Gasteiger partial charge in [-0.25, -0.2) is 9.78 Å². The summed E-state index contributed by atoms with van der Waals surface area (Å²) in [7, 11) is 1.58. The molecule has 0 aliphatic rings. The third-order valence-corrected chi connectivity index (χ3v) is 3.46. The third-order valence-electron chi connectivity index (χ3n) is 2.53. The molecule has 2 amide bonds. The zero-order valence-corrected chi connectivity index (χ0v) is 10.9. The van der Waals surface area contributed by atoms with Gasteiger partial charge in [-0.3, -0.25) is 5.32 Å². The minimum atomic E-state index is -0.242. The molecule has 5 heteroatoms. The number of nitrogens with one attached hydrogen (secondary N) is 2. The predicted molar refractivity (Wildman–Crippen MR) is 71.8 cm³/mol. The number of benzene rings is 1. The van der Waals surface area contributed by atoms with E-state index in [0.717, 1.165) is 10.2 Å². The number of nitrogens with zero attached hydrogens (tertiary/aromatic N) is 1. The van der Waals surface area contributed by atoms with E-state index < -0.39 is 0 Å². The van der Waals surface area contributed by atoms with Gasteiger partial charge in [-0.2, -0.15) is 0 Å². The van der Waals surface area contributed by atoms with Crippen LogP contribution in [0.3, 0.4) is 0 Å². The van der Waals surface area contributed by atoms with Gasteiger partial charge in [0.2, 0.25) is 0 Å². The summed E-state index contributed by atoms with van der Waals surface area (Å²) in [6.07, 6.45) is 0. The highest BCUT2D eigenvalue weighted by atomic mass is 32.1. The summed E-state index contributed by atoms with van der Waals surface area (Å²) in [5.74, 6) is 0.497. The van der Waals surface area contributed by atoms with Gasteiger partial charge in [0.15, 0.2) is 5.13 Å². The van der Waals surface area contributed by atoms with Crippen molar-refractivity contribution in [3.63, 3.8) is 0 Å². The third kappa shape index (κ3) is 2.55. The van der Waals surface area contributed by atoms with Crippen molar-refractivity contribution in [1.29, 1.82) is 0 Å². The fraction of sp³-hybridized carbons (Fsp3) is 0.333. The van der Waals surface area contributed by atoms with Crippen LogP contribution in [0.2, 0.25) is 0 Å². The maximum Gasteiger partial charge on any atom is 0.320 e. The van der Waals surface area contributed by atoms with Crippen LogP contribution in [0.25, 0.3) is 10.2 Å². The molecule has 4 nitrogen and oxygen atoms in total. The van der Waals surface area contributed by atoms with E-state index in [1.807, 2.05) is 6.07 Å². The quantitative estimate of drug-likeness (QED) is 0.859. The van der Waals surface area contributed by atoms with E-state index in [1.165, 1.54) is 16.9 Å². The summed E-state index contributed by atoms with van der Waals surface area (Å²) in [5, 5.41) is 5.82. The molecule has 0 unspecified atom stereocenters. The summed E-state index contributed by atoms with van der Waals surface area (Å²) in [6.45, 7) is 4.32. The van der Waals surface area contributed by atoms with Crippen molar-refractivity contribution >= 4 is 32.7 Å². The van der Waals surface area contributed by atoms with Crippen LogP contribution >= 0.6 is 11.3 Å². The van der Waals surface area contributed by atoms with Crippen molar-refractivity contribution in [3.8, 4) is 0 Å². The smallest absolute Gasteiger partial charge is 0.320 e. The van der Waals surface area contributed by atoms with Gasteiger partial charge in [-0.1, -0.05) is 31.3 Å².